The first-order valence-electron chi connectivity index (χ1n) is 5.52. The van der Waals surface area contributed by atoms with Crippen molar-refractivity contribution in [1.82, 2.24) is 4.90 Å². The summed E-state index contributed by atoms with van der Waals surface area (Å²) < 4.78 is 0. The summed E-state index contributed by atoms with van der Waals surface area (Å²) in [6, 6.07) is -0.0847. The lowest BCUT2D eigenvalue weighted by Gasteiger charge is -2.23. The second-order valence-corrected chi connectivity index (χ2v) is 5.23. The van der Waals surface area contributed by atoms with Crippen molar-refractivity contribution in [2.75, 3.05) is 6.54 Å². The number of rotatable bonds is 3. The topological polar surface area (TPSA) is 63.4 Å². The van der Waals surface area contributed by atoms with Crippen molar-refractivity contribution in [2.45, 2.75) is 33.2 Å². The first-order valence-corrected chi connectivity index (χ1v) is 5.52. The third kappa shape index (κ3) is 1.31. The van der Waals surface area contributed by atoms with E-state index in [1.165, 1.54) is 4.90 Å². The van der Waals surface area contributed by atoms with Gasteiger partial charge in [0.05, 0.1) is 11.8 Å². The van der Waals surface area contributed by atoms with E-state index < -0.39 is 0 Å². The summed E-state index contributed by atoms with van der Waals surface area (Å²) in [4.78, 5) is 25.1. The van der Waals surface area contributed by atoms with E-state index in [4.69, 9.17) is 5.73 Å². The number of piperidine rings is 1. The number of hydrogen-bond acceptors (Lipinski definition) is 3. The molecule has 0 bridgehead atoms. The van der Waals surface area contributed by atoms with Crippen LogP contribution in [0.3, 0.4) is 0 Å². The van der Waals surface area contributed by atoms with Crippen LogP contribution in [0.4, 0.5) is 0 Å². The first kappa shape index (κ1) is 10.6. The number of hydrogen-bond donors (Lipinski definition) is 1. The lowest BCUT2D eigenvalue weighted by Crippen LogP contribution is -2.43. The van der Waals surface area contributed by atoms with Gasteiger partial charge in [-0.05, 0) is 11.8 Å². The molecule has 4 nitrogen and oxygen atoms in total. The van der Waals surface area contributed by atoms with Crippen molar-refractivity contribution >= 4 is 11.8 Å². The summed E-state index contributed by atoms with van der Waals surface area (Å²) >= 11 is 0. The normalized spacial score (nSPS) is 34.3. The maximum atomic E-state index is 11.9. The van der Waals surface area contributed by atoms with Gasteiger partial charge in [0.25, 0.3) is 0 Å². The van der Waals surface area contributed by atoms with E-state index in [9.17, 15) is 9.59 Å². The molecule has 1 saturated carbocycles. The van der Waals surface area contributed by atoms with Crippen molar-refractivity contribution in [3.8, 4) is 0 Å². The van der Waals surface area contributed by atoms with E-state index in [1.54, 1.807) is 0 Å². The van der Waals surface area contributed by atoms with E-state index in [0.29, 0.717) is 6.54 Å². The Kier molecular flexibility index (Phi) is 2.15. The molecular weight excluding hydrogens is 192 g/mol. The molecule has 1 heterocycles. The van der Waals surface area contributed by atoms with Gasteiger partial charge in [0.15, 0.2) is 0 Å². The van der Waals surface area contributed by atoms with Gasteiger partial charge in [-0.25, -0.2) is 0 Å². The molecule has 1 saturated heterocycles. The van der Waals surface area contributed by atoms with Gasteiger partial charge >= 0.3 is 0 Å². The first-order chi connectivity index (χ1) is 6.91. The number of nitrogens with two attached hydrogens (primary N) is 1. The summed E-state index contributed by atoms with van der Waals surface area (Å²) in [5.74, 6) is -0.180. The molecule has 4 heteroatoms. The van der Waals surface area contributed by atoms with Crippen LogP contribution in [0.1, 0.15) is 27.2 Å². The zero-order chi connectivity index (χ0) is 11.4. The standard InChI is InChI=1S/C11H18N2O2/c1-4-6(12)5-13-9(14)7-8(10(13)15)11(7,2)3/h6-8H,4-5,12H2,1-3H3. The van der Waals surface area contributed by atoms with Crippen LogP contribution in [-0.4, -0.2) is 29.3 Å². The van der Waals surface area contributed by atoms with Gasteiger partial charge < -0.3 is 5.73 Å². The molecule has 1 aliphatic carbocycles. The fraction of sp³-hybridized carbons (Fsp3) is 0.818. The fourth-order valence-corrected chi connectivity index (χ4v) is 2.55. The average Bonchev–Trinajstić information content (AvgIpc) is 2.64. The van der Waals surface area contributed by atoms with E-state index >= 15 is 0 Å². The number of carbonyl (C=O) groups is 2. The number of carbonyl (C=O) groups excluding carboxylic acids is 2. The van der Waals surface area contributed by atoms with Crippen molar-refractivity contribution < 1.29 is 9.59 Å². The lowest BCUT2D eigenvalue weighted by molar-refractivity contribution is -0.143. The van der Waals surface area contributed by atoms with Gasteiger partial charge in [-0.3, -0.25) is 14.5 Å². The Labute approximate surface area is 89.8 Å². The molecule has 1 aliphatic heterocycles. The maximum absolute atomic E-state index is 11.9. The van der Waals surface area contributed by atoms with Crippen molar-refractivity contribution in [2.24, 2.45) is 23.0 Å². The highest BCUT2D eigenvalue weighted by atomic mass is 16.2. The minimum atomic E-state index is -0.110. The Bertz CT molecular complexity index is 301. The van der Waals surface area contributed by atoms with Gasteiger partial charge in [0.1, 0.15) is 0 Å². The van der Waals surface area contributed by atoms with Gasteiger partial charge in [-0.15, -0.1) is 0 Å². The third-order valence-electron chi connectivity index (χ3n) is 3.83. The third-order valence-corrected chi connectivity index (χ3v) is 3.83. The summed E-state index contributed by atoms with van der Waals surface area (Å²) in [5, 5.41) is 0. The predicted octanol–water partition coefficient (Wildman–Crippen LogP) is 0.365. The van der Waals surface area contributed by atoms with Gasteiger partial charge in [-0.2, -0.15) is 0 Å². The smallest absolute Gasteiger partial charge is 0.233 e. The van der Waals surface area contributed by atoms with E-state index in [2.05, 4.69) is 0 Å². The van der Waals surface area contributed by atoms with Crippen LogP contribution >= 0.6 is 0 Å². The molecule has 2 N–H and O–H groups in total. The van der Waals surface area contributed by atoms with Crippen LogP contribution in [-0.2, 0) is 9.59 Å². The molecule has 2 fully saturated rings. The van der Waals surface area contributed by atoms with Crippen molar-refractivity contribution in [3.05, 3.63) is 0 Å². The molecule has 3 unspecified atom stereocenters. The summed E-state index contributed by atoms with van der Waals surface area (Å²) in [6.07, 6.45) is 0.787. The highest BCUT2D eigenvalue weighted by Gasteiger charge is 2.72. The summed E-state index contributed by atoms with van der Waals surface area (Å²) in [5.41, 5.74) is 5.65. The maximum Gasteiger partial charge on any atom is 0.233 e. The molecule has 84 valence electrons. The Hall–Kier alpha value is -0.900. The second-order valence-electron chi connectivity index (χ2n) is 5.23. The van der Waals surface area contributed by atoms with Gasteiger partial charge in [0.2, 0.25) is 11.8 Å². The van der Waals surface area contributed by atoms with E-state index in [-0.39, 0.29) is 35.1 Å². The summed E-state index contributed by atoms with van der Waals surface area (Å²) in [6.45, 7) is 6.31. The molecule has 2 amide bonds. The van der Waals surface area contributed by atoms with Crippen LogP contribution < -0.4 is 5.73 Å². The Morgan fingerprint density at radius 2 is 1.80 bits per heavy atom. The Morgan fingerprint density at radius 1 is 1.33 bits per heavy atom. The minimum Gasteiger partial charge on any atom is -0.326 e. The largest absolute Gasteiger partial charge is 0.326 e. The van der Waals surface area contributed by atoms with Gasteiger partial charge in [-0.1, -0.05) is 20.8 Å². The monoisotopic (exact) mass is 210 g/mol. The molecule has 0 aromatic carbocycles. The second kappa shape index (κ2) is 3.04. The zero-order valence-electron chi connectivity index (χ0n) is 9.49. The lowest BCUT2D eigenvalue weighted by atomic mass is 10.1. The molecule has 0 aromatic heterocycles. The number of likely N-dealkylation sites (tertiary alicyclic amines) is 1. The van der Waals surface area contributed by atoms with E-state index in [1.807, 2.05) is 20.8 Å². The van der Waals surface area contributed by atoms with Crippen LogP contribution in [0, 0.1) is 17.3 Å². The Morgan fingerprint density at radius 3 is 2.20 bits per heavy atom. The van der Waals surface area contributed by atoms with E-state index in [0.717, 1.165) is 6.42 Å². The molecule has 2 aliphatic rings. The Balaban J connectivity index is 2.08. The molecule has 15 heavy (non-hydrogen) atoms. The average molecular weight is 210 g/mol. The molecule has 0 radical (unpaired) electrons. The quantitative estimate of drug-likeness (QED) is 0.684. The SMILES string of the molecule is CCC(N)CN1C(=O)C2C(C1=O)C2(C)C. The molecule has 2 rings (SSSR count). The highest BCUT2D eigenvalue weighted by molar-refractivity contribution is 6.10. The highest BCUT2D eigenvalue weighted by Crippen LogP contribution is 2.63. The van der Waals surface area contributed by atoms with Crippen LogP contribution in [0.5, 0.6) is 0 Å². The molecule has 0 aromatic rings. The predicted molar refractivity (Wildman–Crippen MR) is 55.7 cm³/mol. The number of imide groups is 1. The number of nitrogens with zero attached hydrogens (tertiary/aromatic N) is 1. The molecule has 3 atom stereocenters. The molecular formula is C11H18N2O2. The minimum absolute atomic E-state index is 0.0149. The summed E-state index contributed by atoms with van der Waals surface area (Å²) in [7, 11) is 0. The number of fused-ring (bicyclic) bond motifs is 1. The number of amides is 2. The van der Waals surface area contributed by atoms with Crippen LogP contribution in [0.25, 0.3) is 0 Å². The fourth-order valence-electron chi connectivity index (χ4n) is 2.55. The van der Waals surface area contributed by atoms with Crippen molar-refractivity contribution in [3.63, 3.8) is 0 Å². The van der Waals surface area contributed by atoms with Crippen LogP contribution in [0.2, 0.25) is 0 Å². The van der Waals surface area contributed by atoms with Crippen molar-refractivity contribution in [1.29, 1.82) is 0 Å². The van der Waals surface area contributed by atoms with Gasteiger partial charge in [0, 0.05) is 12.6 Å². The zero-order valence-corrected chi connectivity index (χ0v) is 9.49. The molecule has 0 spiro atoms. The van der Waals surface area contributed by atoms with Crippen LogP contribution in [0.15, 0.2) is 0 Å².